The maximum Gasteiger partial charge on any atom is 0.251 e. The van der Waals surface area contributed by atoms with Crippen LogP contribution in [0.15, 0.2) is 48.5 Å². The minimum absolute atomic E-state index is 0.0475. The van der Waals surface area contributed by atoms with Gasteiger partial charge in [-0.2, -0.15) is 0 Å². The second-order valence-corrected chi connectivity index (χ2v) is 5.52. The van der Waals surface area contributed by atoms with Crippen molar-refractivity contribution < 1.29 is 14.6 Å². The molecule has 0 spiro atoms. The average Bonchev–Trinajstić information content (AvgIpc) is 2.56. The van der Waals surface area contributed by atoms with Gasteiger partial charge < -0.3 is 15.2 Å². The van der Waals surface area contributed by atoms with Gasteiger partial charge in [0, 0.05) is 12.1 Å². The zero-order chi connectivity index (χ0) is 16.7. The molecule has 4 nitrogen and oxygen atoms in total. The summed E-state index contributed by atoms with van der Waals surface area (Å²) in [5.74, 6) is -0.118. The lowest BCUT2D eigenvalue weighted by Crippen LogP contribution is -2.30. The quantitative estimate of drug-likeness (QED) is 0.826. The van der Waals surface area contributed by atoms with E-state index in [1.807, 2.05) is 56.3 Å². The van der Waals surface area contributed by atoms with E-state index in [4.69, 9.17) is 9.84 Å². The van der Waals surface area contributed by atoms with Crippen LogP contribution in [0.25, 0.3) is 0 Å². The highest BCUT2D eigenvalue weighted by Crippen LogP contribution is 2.17. The third-order valence-corrected chi connectivity index (χ3v) is 3.70. The van der Waals surface area contributed by atoms with E-state index in [9.17, 15) is 4.79 Å². The van der Waals surface area contributed by atoms with Gasteiger partial charge in [-0.25, -0.2) is 0 Å². The number of hydrogen-bond donors (Lipinski definition) is 2. The molecule has 0 heterocycles. The molecule has 0 aliphatic carbocycles. The highest BCUT2D eigenvalue weighted by atomic mass is 16.5. The van der Waals surface area contributed by atoms with E-state index < -0.39 is 0 Å². The van der Waals surface area contributed by atoms with E-state index in [0.717, 1.165) is 11.1 Å². The number of carbonyl (C=O) groups excluding carboxylic acids is 1. The Hall–Kier alpha value is -2.17. The number of aliphatic hydroxyl groups excluding tert-OH is 1. The smallest absolute Gasteiger partial charge is 0.251 e. The molecule has 1 amide bonds. The van der Waals surface area contributed by atoms with Gasteiger partial charge in [0.05, 0.1) is 19.3 Å². The van der Waals surface area contributed by atoms with Crippen LogP contribution in [0.1, 0.15) is 33.2 Å². The molecule has 2 aromatic carbocycles. The lowest BCUT2D eigenvalue weighted by Gasteiger charge is -2.19. The van der Waals surface area contributed by atoms with Crippen LogP contribution in [0.4, 0.5) is 0 Å². The van der Waals surface area contributed by atoms with Crippen molar-refractivity contribution in [2.24, 2.45) is 0 Å². The van der Waals surface area contributed by atoms with Gasteiger partial charge in [0.2, 0.25) is 0 Å². The third kappa shape index (κ3) is 4.91. The number of carbonyl (C=O) groups is 1. The summed E-state index contributed by atoms with van der Waals surface area (Å²) in [5, 5.41) is 11.9. The first-order valence-corrected chi connectivity index (χ1v) is 7.74. The van der Waals surface area contributed by atoms with Crippen molar-refractivity contribution in [3.63, 3.8) is 0 Å². The minimum atomic E-state index is -0.282. The summed E-state index contributed by atoms with van der Waals surface area (Å²) in [6, 6.07) is 15.5. The van der Waals surface area contributed by atoms with Gasteiger partial charge in [0.15, 0.2) is 0 Å². The molecule has 0 saturated carbocycles. The van der Waals surface area contributed by atoms with Crippen molar-refractivity contribution in [2.75, 3.05) is 19.8 Å². The topological polar surface area (TPSA) is 58.6 Å². The van der Waals surface area contributed by atoms with Crippen LogP contribution in [-0.2, 0) is 4.74 Å². The molecule has 23 heavy (non-hydrogen) atoms. The second-order valence-electron chi connectivity index (χ2n) is 5.52. The highest BCUT2D eigenvalue weighted by molar-refractivity contribution is 5.95. The molecule has 0 saturated heterocycles. The summed E-state index contributed by atoms with van der Waals surface area (Å²) in [7, 11) is 0. The number of aliphatic hydroxyl groups is 1. The second kappa shape index (κ2) is 8.46. The number of nitrogens with one attached hydrogen (secondary N) is 1. The molecule has 1 atom stereocenters. The van der Waals surface area contributed by atoms with E-state index in [0.29, 0.717) is 12.1 Å². The van der Waals surface area contributed by atoms with Crippen molar-refractivity contribution in [1.29, 1.82) is 0 Å². The predicted octanol–water partition coefficient (Wildman–Crippen LogP) is 2.78. The molecule has 2 aromatic rings. The third-order valence-electron chi connectivity index (χ3n) is 3.70. The summed E-state index contributed by atoms with van der Waals surface area (Å²) < 4.78 is 5.67. The molecule has 1 unspecified atom stereocenters. The van der Waals surface area contributed by atoms with Gasteiger partial charge in [-0.15, -0.1) is 0 Å². The van der Waals surface area contributed by atoms with Crippen LogP contribution in [0.5, 0.6) is 0 Å². The van der Waals surface area contributed by atoms with Crippen molar-refractivity contribution in [1.82, 2.24) is 5.32 Å². The van der Waals surface area contributed by atoms with Gasteiger partial charge in [-0.05, 0) is 31.0 Å². The fourth-order valence-electron chi connectivity index (χ4n) is 2.36. The number of hydrogen-bond acceptors (Lipinski definition) is 3. The van der Waals surface area contributed by atoms with Gasteiger partial charge in [-0.1, -0.05) is 48.0 Å². The van der Waals surface area contributed by atoms with E-state index in [1.165, 1.54) is 5.56 Å². The molecule has 0 bridgehead atoms. The molecule has 0 radical (unpaired) electrons. The summed E-state index contributed by atoms with van der Waals surface area (Å²) >= 11 is 0. The lowest BCUT2D eigenvalue weighted by atomic mass is 10.1. The van der Waals surface area contributed by atoms with Crippen LogP contribution in [0.2, 0.25) is 0 Å². The number of ether oxygens (including phenoxy) is 1. The lowest BCUT2D eigenvalue weighted by molar-refractivity contribution is 0.0277. The standard InChI is InChI=1S/C19H23NO3/c1-14-7-9-16(10-8-14)18(23-12-11-21)13-20-19(22)17-6-4-3-5-15(17)2/h3-10,18,21H,11-13H2,1-2H3,(H,20,22). The first kappa shape index (κ1) is 17.2. The first-order chi connectivity index (χ1) is 11.1. The fourth-order valence-corrected chi connectivity index (χ4v) is 2.36. The summed E-state index contributed by atoms with van der Waals surface area (Å²) in [4.78, 5) is 12.3. The van der Waals surface area contributed by atoms with Crippen LogP contribution >= 0.6 is 0 Å². The highest BCUT2D eigenvalue weighted by Gasteiger charge is 2.15. The van der Waals surface area contributed by atoms with E-state index >= 15 is 0 Å². The largest absolute Gasteiger partial charge is 0.394 e. The van der Waals surface area contributed by atoms with Crippen molar-refractivity contribution in [3.05, 3.63) is 70.8 Å². The summed E-state index contributed by atoms with van der Waals surface area (Å²) in [6.07, 6.45) is -0.282. The fraction of sp³-hybridized carbons (Fsp3) is 0.316. The van der Waals surface area contributed by atoms with E-state index in [2.05, 4.69) is 5.32 Å². The zero-order valence-corrected chi connectivity index (χ0v) is 13.6. The molecule has 4 heteroatoms. The Bertz CT molecular complexity index is 637. The van der Waals surface area contributed by atoms with Gasteiger partial charge >= 0.3 is 0 Å². The van der Waals surface area contributed by atoms with Crippen molar-refractivity contribution in [3.8, 4) is 0 Å². The van der Waals surface area contributed by atoms with Gasteiger partial charge in [0.1, 0.15) is 0 Å². The number of rotatable bonds is 7. The predicted molar refractivity (Wildman–Crippen MR) is 90.5 cm³/mol. The number of amides is 1. The van der Waals surface area contributed by atoms with E-state index in [1.54, 1.807) is 6.07 Å². The van der Waals surface area contributed by atoms with Crippen LogP contribution in [0.3, 0.4) is 0 Å². The minimum Gasteiger partial charge on any atom is -0.394 e. The SMILES string of the molecule is Cc1ccc(C(CNC(=O)c2ccccc2C)OCCO)cc1. The molecule has 0 aromatic heterocycles. The Balaban J connectivity index is 2.04. The molecule has 2 rings (SSSR count). The average molecular weight is 313 g/mol. The number of benzene rings is 2. The first-order valence-electron chi connectivity index (χ1n) is 7.74. The molecular formula is C19H23NO3. The molecule has 2 N–H and O–H groups in total. The Kier molecular flexibility index (Phi) is 6.32. The van der Waals surface area contributed by atoms with Crippen molar-refractivity contribution in [2.45, 2.75) is 20.0 Å². The molecule has 0 aliphatic rings. The maximum absolute atomic E-state index is 12.3. The van der Waals surface area contributed by atoms with Crippen LogP contribution in [0, 0.1) is 13.8 Å². The normalized spacial score (nSPS) is 12.0. The monoisotopic (exact) mass is 313 g/mol. The Morgan fingerprint density at radius 3 is 2.48 bits per heavy atom. The Labute approximate surface area is 137 Å². The maximum atomic E-state index is 12.3. The summed E-state index contributed by atoms with van der Waals surface area (Å²) in [6.45, 7) is 4.48. The van der Waals surface area contributed by atoms with E-state index in [-0.39, 0.29) is 25.2 Å². The van der Waals surface area contributed by atoms with Gasteiger partial charge in [-0.3, -0.25) is 4.79 Å². The number of aryl methyl sites for hydroxylation is 2. The molecular weight excluding hydrogens is 290 g/mol. The van der Waals surface area contributed by atoms with Crippen molar-refractivity contribution >= 4 is 5.91 Å². The van der Waals surface area contributed by atoms with Crippen LogP contribution in [-0.4, -0.2) is 30.8 Å². The zero-order valence-electron chi connectivity index (χ0n) is 13.6. The molecule has 0 aliphatic heterocycles. The Morgan fingerprint density at radius 1 is 1.13 bits per heavy atom. The van der Waals surface area contributed by atoms with Crippen LogP contribution < -0.4 is 5.32 Å². The molecule has 122 valence electrons. The molecule has 0 fully saturated rings. The Morgan fingerprint density at radius 2 is 1.83 bits per heavy atom. The van der Waals surface area contributed by atoms with Gasteiger partial charge in [0.25, 0.3) is 5.91 Å². The summed E-state index contributed by atoms with van der Waals surface area (Å²) in [5.41, 5.74) is 3.75.